The standard InChI is InChI=1S/C20H30O4/c1-4-6-7-8-11-14-23-19(21)17-12-9-10-13-18(17)20(22)24-15-16(3)5-2/h9-10,12-13,16H,4-8,11,14-15H2,1-3H3. The van der Waals surface area contributed by atoms with Crippen molar-refractivity contribution >= 4 is 11.9 Å². The van der Waals surface area contributed by atoms with Crippen LogP contribution in [-0.2, 0) is 9.47 Å². The molecule has 1 aromatic rings. The summed E-state index contributed by atoms with van der Waals surface area (Å²) in [6.07, 6.45) is 6.40. The van der Waals surface area contributed by atoms with Crippen LogP contribution in [-0.4, -0.2) is 25.2 Å². The van der Waals surface area contributed by atoms with E-state index in [0.29, 0.717) is 19.1 Å². The van der Waals surface area contributed by atoms with E-state index in [-0.39, 0.29) is 11.1 Å². The third-order valence-corrected chi connectivity index (χ3v) is 4.04. The maximum absolute atomic E-state index is 12.2. The van der Waals surface area contributed by atoms with Gasteiger partial charge in [0.2, 0.25) is 0 Å². The van der Waals surface area contributed by atoms with E-state index in [4.69, 9.17) is 9.47 Å². The van der Waals surface area contributed by atoms with Gasteiger partial charge < -0.3 is 9.47 Å². The SMILES string of the molecule is CCCCCCCOC(=O)c1ccccc1C(=O)OCC(C)CC. The predicted molar refractivity (Wildman–Crippen MR) is 95.2 cm³/mol. The molecule has 1 atom stereocenters. The highest BCUT2D eigenvalue weighted by atomic mass is 16.5. The second-order valence-electron chi connectivity index (χ2n) is 6.21. The monoisotopic (exact) mass is 334 g/mol. The van der Waals surface area contributed by atoms with Crippen molar-refractivity contribution in [3.63, 3.8) is 0 Å². The summed E-state index contributed by atoms with van der Waals surface area (Å²) in [4.78, 5) is 24.4. The van der Waals surface area contributed by atoms with Gasteiger partial charge >= 0.3 is 11.9 Å². The van der Waals surface area contributed by atoms with Crippen molar-refractivity contribution in [2.75, 3.05) is 13.2 Å². The second kappa shape index (κ2) is 11.7. The van der Waals surface area contributed by atoms with Gasteiger partial charge in [0.1, 0.15) is 0 Å². The molecule has 0 amide bonds. The van der Waals surface area contributed by atoms with Crippen LogP contribution in [0.25, 0.3) is 0 Å². The number of hydrogen-bond acceptors (Lipinski definition) is 4. The number of benzene rings is 1. The zero-order chi connectivity index (χ0) is 17.8. The quantitative estimate of drug-likeness (QED) is 0.421. The van der Waals surface area contributed by atoms with Gasteiger partial charge in [-0.3, -0.25) is 0 Å². The number of esters is 2. The van der Waals surface area contributed by atoms with E-state index in [0.717, 1.165) is 25.7 Å². The number of ether oxygens (including phenoxy) is 2. The molecule has 0 aliphatic carbocycles. The van der Waals surface area contributed by atoms with E-state index >= 15 is 0 Å². The Hall–Kier alpha value is -1.84. The van der Waals surface area contributed by atoms with Gasteiger partial charge in [-0.2, -0.15) is 0 Å². The lowest BCUT2D eigenvalue weighted by Gasteiger charge is -2.12. The Kier molecular flexibility index (Phi) is 9.81. The molecule has 0 aliphatic rings. The molecular weight excluding hydrogens is 304 g/mol. The van der Waals surface area contributed by atoms with Gasteiger partial charge in [0.15, 0.2) is 0 Å². The second-order valence-corrected chi connectivity index (χ2v) is 6.21. The molecule has 0 aliphatic heterocycles. The van der Waals surface area contributed by atoms with E-state index < -0.39 is 11.9 Å². The van der Waals surface area contributed by atoms with Gasteiger partial charge in [0.25, 0.3) is 0 Å². The first kappa shape index (κ1) is 20.2. The fraction of sp³-hybridized carbons (Fsp3) is 0.600. The van der Waals surface area contributed by atoms with Crippen molar-refractivity contribution in [3.05, 3.63) is 35.4 Å². The average Bonchev–Trinajstić information content (AvgIpc) is 2.62. The van der Waals surface area contributed by atoms with Crippen molar-refractivity contribution in [1.29, 1.82) is 0 Å². The van der Waals surface area contributed by atoms with E-state index in [1.165, 1.54) is 12.8 Å². The minimum atomic E-state index is -0.467. The Morgan fingerprint density at radius 3 is 2.08 bits per heavy atom. The Morgan fingerprint density at radius 1 is 0.917 bits per heavy atom. The van der Waals surface area contributed by atoms with Gasteiger partial charge in [-0.05, 0) is 24.5 Å². The maximum Gasteiger partial charge on any atom is 0.339 e. The highest BCUT2D eigenvalue weighted by Crippen LogP contribution is 2.14. The Morgan fingerprint density at radius 2 is 1.50 bits per heavy atom. The highest BCUT2D eigenvalue weighted by Gasteiger charge is 2.19. The molecule has 1 rings (SSSR count). The van der Waals surface area contributed by atoms with Crippen LogP contribution in [0.2, 0.25) is 0 Å². The van der Waals surface area contributed by atoms with Crippen LogP contribution in [0.4, 0.5) is 0 Å². The van der Waals surface area contributed by atoms with Crippen LogP contribution in [0.1, 0.15) is 80.0 Å². The molecule has 0 aromatic heterocycles. The summed E-state index contributed by atoms with van der Waals surface area (Å²) in [6.45, 7) is 6.97. The smallest absolute Gasteiger partial charge is 0.339 e. The number of carbonyl (C=O) groups is 2. The summed E-state index contributed by atoms with van der Waals surface area (Å²) in [5.41, 5.74) is 0.553. The normalized spacial score (nSPS) is 11.8. The summed E-state index contributed by atoms with van der Waals surface area (Å²) in [5.74, 6) is -0.622. The molecule has 4 heteroatoms. The lowest BCUT2D eigenvalue weighted by Crippen LogP contribution is -2.16. The van der Waals surface area contributed by atoms with Crippen molar-refractivity contribution in [3.8, 4) is 0 Å². The number of hydrogen-bond donors (Lipinski definition) is 0. The topological polar surface area (TPSA) is 52.6 Å². The number of unbranched alkanes of at least 4 members (excludes halogenated alkanes) is 4. The fourth-order valence-electron chi connectivity index (χ4n) is 2.20. The van der Waals surface area contributed by atoms with E-state index in [1.807, 2.05) is 13.8 Å². The Balaban J connectivity index is 2.55. The minimum Gasteiger partial charge on any atom is -0.462 e. The van der Waals surface area contributed by atoms with Gasteiger partial charge in [0, 0.05) is 0 Å². The molecule has 4 nitrogen and oxygen atoms in total. The minimum absolute atomic E-state index is 0.275. The van der Waals surface area contributed by atoms with Crippen LogP contribution < -0.4 is 0 Å². The van der Waals surface area contributed by atoms with Crippen molar-refractivity contribution in [2.45, 2.75) is 59.3 Å². The fourth-order valence-corrected chi connectivity index (χ4v) is 2.20. The summed E-state index contributed by atoms with van der Waals surface area (Å²) >= 11 is 0. The van der Waals surface area contributed by atoms with Gasteiger partial charge in [-0.25, -0.2) is 9.59 Å². The van der Waals surface area contributed by atoms with E-state index in [2.05, 4.69) is 6.92 Å². The summed E-state index contributed by atoms with van der Waals surface area (Å²) in [7, 11) is 0. The van der Waals surface area contributed by atoms with Crippen LogP contribution in [0.5, 0.6) is 0 Å². The van der Waals surface area contributed by atoms with Crippen molar-refractivity contribution in [2.24, 2.45) is 5.92 Å². The summed E-state index contributed by atoms with van der Waals surface area (Å²) in [6, 6.07) is 6.67. The molecule has 0 bridgehead atoms. The molecule has 0 N–H and O–H groups in total. The zero-order valence-corrected chi connectivity index (χ0v) is 15.2. The lowest BCUT2D eigenvalue weighted by atomic mass is 10.1. The lowest BCUT2D eigenvalue weighted by molar-refractivity contribution is 0.0419. The molecule has 0 radical (unpaired) electrons. The maximum atomic E-state index is 12.2. The Labute approximate surface area is 145 Å². The number of rotatable bonds is 11. The first-order chi connectivity index (χ1) is 11.6. The summed E-state index contributed by atoms with van der Waals surface area (Å²) < 4.78 is 10.6. The molecule has 0 spiro atoms. The summed E-state index contributed by atoms with van der Waals surface area (Å²) in [5, 5.41) is 0. The molecule has 1 aromatic carbocycles. The van der Waals surface area contributed by atoms with E-state index in [9.17, 15) is 9.59 Å². The first-order valence-electron chi connectivity index (χ1n) is 9.03. The van der Waals surface area contributed by atoms with Gasteiger partial charge in [0.05, 0.1) is 24.3 Å². The molecule has 1 unspecified atom stereocenters. The zero-order valence-electron chi connectivity index (χ0n) is 15.2. The molecule has 134 valence electrons. The average molecular weight is 334 g/mol. The van der Waals surface area contributed by atoms with Crippen LogP contribution in [0.15, 0.2) is 24.3 Å². The molecular formula is C20H30O4. The van der Waals surface area contributed by atoms with Crippen LogP contribution >= 0.6 is 0 Å². The third-order valence-electron chi connectivity index (χ3n) is 4.04. The first-order valence-corrected chi connectivity index (χ1v) is 9.03. The molecule has 0 saturated heterocycles. The molecule has 0 fully saturated rings. The number of carbonyl (C=O) groups excluding carboxylic acids is 2. The van der Waals surface area contributed by atoms with Crippen LogP contribution in [0.3, 0.4) is 0 Å². The Bertz CT molecular complexity index is 510. The van der Waals surface area contributed by atoms with Crippen molar-refractivity contribution < 1.29 is 19.1 Å². The van der Waals surface area contributed by atoms with Gasteiger partial charge in [-0.15, -0.1) is 0 Å². The molecule has 0 saturated carbocycles. The third kappa shape index (κ3) is 7.16. The van der Waals surface area contributed by atoms with E-state index in [1.54, 1.807) is 24.3 Å². The molecule has 0 heterocycles. The van der Waals surface area contributed by atoms with Crippen molar-refractivity contribution in [1.82, 2.24) is 0 Å². The predicted octanol–water partition coefficient (Wildman–Crippen LogP) is 5.02. The van der Waals surface area contributed by atoms with Crippen LogP contribution in [0, 0.1) is 5.92 Å². The van der Waals surface area contributed by atoms with Gasteiger partial charge in [-0.1, -0.05) is 65.0 Å². The molecule has 24 heavy (non-hydrogen) atoms. The highest BCUT2D eigenvalue weighted by molar-refractivity contribution is 6.03. The largest absolute Gasteiger partial charge is 0.462 e.